The van der Waals surface area contributed by atoms with Crippen LogP contribution in [0.5, 0.6) is 0 Å². The first-order chi connectivity index (χ1) is 13.2. The Bertz CT molecular complexity index is 791. The molecular formula is C22H29N3O3. The number of carbonyl (C=O) groups is 1. The highest BCUT2D eigenvalue weighted by Crippen LogP contribution is 2.43. The summed E-state index contributed by atoms with van der Waals surface area (Å²) in [7, 11) is 0. The molecule has 1 N–H and O–H groups in total. The van der Waals surface area contributed by atoms with Crippen molar-refractivity contribution in [2.24, 2.45) is 0 Å². The van der Waals surface area contributed by atoms with Gasteiger partial charge in [0.15, 0.2) is 0 Å². The van der Waals surface area contributed by atoms with Gasteiger partial charge in [0.05, 0.1) is 29.6 Å². The summed E-state index contributed by atoms with van der Waals surface area (Å²) in [4.78, 5) is 24.1. The molecule has 0 aromatic carbocycles. The van der Waals surface area contributed by atoms with Crippen LogP contribution in [0.3, 0.4) is 0 Å². The molecule has 2 aromatic rings. The molecule has 0 aliphatic carbocycles. The molecule has 6 heteroatoms. The maximum absolute atomic E-state index is 13.3. The van der Waals surface area contributed by atoms with Crippen molar-refractivity contribution >= 4 is 6.09 Å². The molecule has 0 unspecified atom stereocenters. The minimum Gasteiger partial charge on any atom is -0.444 e. The predicted molar refractivity (Wildman–Crippen MR) is 107 cm³/mol. The summed E-state index contributed by atoms with van der Waals surface area (Å²) in [5, 5.41) is 10.7. The highest BCUT2D eigenvalue weighted by atomic mass is 16.6. The second-order valence-electron chi connectivity index (χ2n) is 8.46. The zero-order chi connectivity index (χ0) is 20.5. The van der Waals surface area contributed by atoms with E-state index in [0.29, 0.717) is 12.8 Å². The zero-order valence-electron chi connectivity index (χ0n) is 17.2. The van der Waals surface area contributed by atoms with Crippen LogP contribution in [0.4, 0.5) is 4.79 Å². The van der Waals surface area contributed by atoms with Gasteiger partial charge in [-0.25, -0.2) is 4.79 Å². The van der Waals surface area contributed by atoms with Crippen LogP contribution < -0.4 is 0 Å². The number of rotatable bonds is 2. The number of hydrogen-bond acceptors (Lipinski definition) is 5. The minimum atomic E-state index is -0.624. The molecule has 1 saturated heterocycles. The summed E-state index contributed by atoms with van der Waals surface area (Å²) >= 11 is 0. The number of likely N-dealkylation sites (tertiary alicyclic amines) is 1. The molecule has 28 heavy (non-hydrogen) atoms. The Kier molecular flexibility index (Phi) is 5.70. The Morgan fingerprint density at radius 1 is 1.04 bits per heavy atom. The van der Waals surface area contributed by atoms with Crippen molar-refractivity contribution < 1.29 is 14.6 Å². The van der Waals surface area contributed by atoms with Crippen LogP contribution >= 0.6 is 0 Å². The fourth-order valence-electron chi connectivity index (χ4n) is 3.81. The van der Waals surface area contributed by atoms with Crippen LogP contribution in [-0.4, -0.2) is 37.8 Å². The van der Waals surface area contributed by atoms with Gasteiger partial charge in [0.2, 0.25) is 0 Å². The lowest BCUT2D eigenvalue weighted by atomic mass is 9.87. The molecular weight excluding hydrogens is 354 g/mol. The molecule has 3 rings (SSSR count). The number of carbonyl (C=O) groups excluding carboxylic acids is 1. The summed E-state index contributed by atoms with van der Waals surface area (Å²) in [6.45, 7) is 9.50. The molecule has 1 aliphatic rings. The van der Waals surface area contributed by atoms with Crippen molar-refractivity contribution in [1.29, 1.82) is 0 Å². The Morgan fingerprint density at radius 2 is 1.50 bits per heavy atom. The average molecular weight is 383 g/mol. The number of nitrogens with zero attached hydrogens (tertiary/aromatic N) is 3. The van der Waals surface area contributed by atoms with E-state index in [1.54, 1.807) is 17.3 Å². The Balaban J connectivity index is 2.10. The van der Waals surface area contributed by atoms with Gasteiger partial charge in [-0.2, -0.15) is 0 Å². The number of aryl methyl sites for hydroxylation is 2. The van der Waals surface area contributed by atoms with E-state index in [-0.39, 0.29) is 12.1 Å². The van der Waals surface area contributed by atoms with E-state index in [1.165, 1.54) is 0 Å². The van der Waals surface area contributed by atoms with Crippen molar-refractivity contribution in [3.63, 3.8) is 0 Å². The second kappa shape index (κ2) is 7.87. The molecule has 1 aliphatic heterocycles. The maximum atomic E-state index is 13.3. The standard InChI is InChI=1S/C22H29N3O3/c1-14-8-6-10-23-19(14)17-12-16(26)13-18(20-15(2)9-7-11-24-20)25(17)21(27)28-22(3,4)5/h6-11,16-18,26H,12-13H2,1-5H3/t16-,17+,18-. The molecule has 0 bridgehead atoms. The van der Waals surface area contributed by atoms with Gasteiger partial charge in [-0.15, -0.1) is 0 Å². The Hall–Kier alpha value is -2.47. The molecule has 1 fully saturated rings. The Labute approximate surface area is 166 Å². The van der Waals surface area contributed by atoms with Crippen molar-refractivity contribution in [1.82, 2.24) is 14.9 Å². The topological polar surface area (TPSA) is 75.6 Å². The minimum absolute atomic E-state index is 0.383. The van der Waals surface area contributed by atoms with E-state index in [1.807, 2.05) is 58.9 Å². The normalized spacial score (nSPS) is 22.8. The number of pyridine rings is 2. The third-order valence-corrected chi connectivity index (χ3v) is 5.00. The number of ether oxygens (including phenoxy) is 1. The largest absolute Gasteiger partial charge is 0.444 e. The summed E-state index contributed by atoms with van der Waals surface area (Å²) in [5.74, 6) is 0. The molecule has 3 atom stereocenters. The van der Waals surface area contributed by atoms with Crippen LogP contribution in [-0.2, 0) is 4.74 Å². The van der Waals surface area contributed by atoms with Gasteiger partial charge in [0.1, 0.15) is 5.60 Å². The van der Waals surface area contributed by atoms with E-state index in [0.717, 1.165) is 22.5 Å². The first-order valence-corrected chi connectivity index (χ1v) is 9.70. The predicted octanol–water partition coefficient (Wildman–Crippen LogP) is 4.27. The molecule has 3 heterocycles. The summed E-state index contributed by atoms with van der Waals surface area (Å²) < 4.78 is 5.75. The lowest BCUT2D eigenvalue weighted by molar-refractivity contribution is -0.0336. The number of aliphatic hydroxyl groups is 1. The maximum Gasteiger partial charge on any atom is 0.411 e. The molecule has 150 valence electrons. The highest BCUT2D eigenvalue weighted by molar-refractivity contribution is 5.70. The SMILES string of the molecule is Cc1cccnc1[C@H]1C[C@H](O)C[C@@H](c2ncccc2C)N1C(=O)OC(C)(C)C. The number of piperidine rings is 1. The summed E-state index contributed by atoms with van der Waals surface area (Å²) in [6, 6.07) is 6.92. The zero-order valence-corrected chi connectivity index (χ0v) is 17.2. The van der Waals surface area contributed by atoms with Crippen molar-refractivity contribution in [2.45, 2.75) is 71.2 Å². The number of aliphatic hydroxyl groups excluding tert-OH is 1. The fourth-order valence-corrected chi connectivity index (χ4v) is 3.81. The smallest absolute Gasteiger partial charge is 0.411 e. The molecule has 6 nitrogen and oxygen atoms in total. The van der Waals surface area contributed by atoms with Gasteiger partial charge in [-0.05, 0) is 70.7 Å². The molecule has 0 spiro atoms. The number of hydrogen-bond donors (Lipinski definition) is 1. The molecule has 0 radical (unpaired) electrons. The average Bonchev–Trinajstić information content (AvgIpc) is 2.60. The van der Waals surface area contributed by atoms with Gasteiger partial charge in [-0.3, -0.25) is 14.9 Å². The second-order valence-corrected chi connectivity index (χ2v) is 8.46. The highest BCUT2D eigenvalue weighted by Gasteiger charge is 2.43. The van der Waals surface area contributed by atoms with Gasteiger partial charge >= 0.3 is 6.09 Å². The van der Waals surface area contributed by atoms with Gasteiger partial charge in [0.25, 0.3) is 0 Å². The van der Waals surface area contributed by atoms with Crippen LogP contribution in [0.25, 0.3) is 0 Å². The summed E-state index contributed by atoms with van der Waals surface area (Å²) in [5.41, 5.74) is 2.90. The van der Waals surface area contributed by atoms with Crippen LogP contribution in [0, 0.1) is 13.8 Å². The monoisotopic (exact) mass is 383 g/mol. The van der Waals surface area contributed by atoms with Gasteiger partial charge < -0.3 is 9.84 Å². The Morgan fingerprint density at radius 3 is 1.89 bits per heavy atom. The van der Waals surface area contributed by atoms with Gasteiger partial charge in [-0.1, -0.05) is 12.1 Å². The van der Waals surface area contributed by atoms with Crippen LogP contribution in [0.15, 0.2) is 36.7 Å². The third kappa shape index (κ3) is 4.33. The van der Waals surface area contributed by atoms with Crippen molar-refractivity contribution in [3.8, 4) is 0 Å². The lowest BCUT2D eigenvalue weighted by Crippen LogP contribution is -2.47. The molecule has 0 saturated carbocycles. The van der Waals surface area contributed by atoms with Crippen LogP contribution in [0.1, 0.15) is 68.2 Å². The van der Waals surface area contributed by atoms with E-state index >= 15 is 0 Å². The molecule has 1 amide bonds. The molecule has 2 aromatic heterocycles. The van der Waals surface area contributed by atoms with E-state index in [2.05, 4.69) is 9.97 Å². The van der Waals surface area contributed by atoms with Crippen molar-refractivity contribution in [2.75, 3.05) is 0 Å². The van der Waals surface area contributed by atoms with E-state index in [4.69, 9.17) is 4.74 Å². The third-order valence-electron chi connectivity index (χ3n) is 5.00. The first-order valence-electron chi connectivity index (χ1n) is 9.70. The van der Waals surface area contributed by atoms with E-state index in [9.17, 15) is 9.90 Å². The summed E-state index contributed by atoms with van der Waals surface area (Å²) in [6.07, 6.45) is 3.30. The van der Waals surface area contributed by atoms with Crippen molar-refractivity contribution in [3.05, 3.63) is 59.2 Å². The fraction of sp³-hybridized carbons (Fsp3) is 0.500. The quantitative estimate of drug-likeness (QED) is 0.838. The van der Waals surface area contributed by atoms with Gasteiger partial charge in [0, 0.05) is 12.4 Å². The number of amides is 1. The van der Waals surface area contributed by atoms with Crippen LogP contribution in [0.2, 0.25) is 0 Å². The van der Waals surface area contributed by atoms with E-state index < -0.39 is 17.8 Å². The first kappa shape index (κ1) is 20.3. The lowest BCUT2D eigenvalue weighted by Gasteiger charge is -2.44. The number of aromatic nitrogens is 2.